The van der Waals surface area contributed by atoms with Crippen molar-refractivity contribution in [2.24, 2.45) is 0 Å². The number of thiazole rings is 1. The van der Waals surface area contributed by atoms with E-state index >= 15 is 0 Å². The Hall–Kier alpha value is -3.21. The lowest BCUT2D eigenvalue weighted by Gasteiger charge is -2.30. The summed E-state index contributed by atoms with van der Waals surface area (Å²) in [7, 11) is 0. The molecule has 9 nitrogen and oxygen atoms in total. The number of nitrogens with zero attached hydrogens (tertiary/aromatic N) is 3. The number of aromatic nitrogens is 2. The molecule has 12 heteroatoms. The molecule has 0 bridgehead atoms. The van der Waals surface area contributed by atoms with Gasteiger partial charge in [-0.15, -0.1) is 11.3 Å². The summed E-state index contributed by atoms with van der Waals surface area (Å²) in [5.74, 6) is -0.415. The third-order valence-electron chi connectivity index (χ3n) is 5.88. The lowest BCUT2D eigenvalue weighted by molar-refractivity contribution is 0.0514. The maximum Gasteiger partial charge on any atom is 0.360 e. The van der Waals surface area contributed by atoms with E-state index in [1.807, 2.05) is 5.38 Å². The molecule has 1 fully saturated rings. The van der Waals surface area contributed by atoms with Gasteiger partial charge < -0.3 is 18.6 Å². The zero-order valence-corrected chi connectivity index (χ0v) is 21.3. The maximum absolute atomic E-state index is 13.1. The van der Waals surface area contributed by atoms with E-state index in [1.165, 1.54) is 29.5 Å². The van der Waals surface area contributed by atoms with E-state index in [2.05, 4.69) is 10.1 Å². The van der Waals surface area contributed by atoms with Crippen LogP contribution in [0.1, 0.15) is 51.5 Å². The molecule has 1 aliphatic rings. The monoisotopic (exact) mass is 547 g/mol. The van der Waals surface area contributed by atoms with Crippen molar-refractivity contribution in [3.05, 3.63) is 66.4 Å². The van der Waals surface area contributed by atoms with Gasteiger partial charge in [0.1, 0.15) is 11.3 Å². The van der Waals surface area contributed by atoms with Crippen LogP contribution in [0, 0.1) is 0 Å². The number of esters is 1. The van der Waals surface area contributed by atoms with Gasteiger partial charge in [-0.3, -0.25) is 4.79 Å². The Morgan fingerprint density at radius 2 is 1.97 bits per heavy atom. The van der Waals surface area contributed by atoms with E-state index < -0.39 is 17.5 Å². The van der Waals surface area contributed by atoms with Crippen molar-refractivity contribution in [1.29, 1.82) is 0 Å². The molecule has 1 aromatic carbocycles. The minimum absolute atomic E-state index is 0.0569. The number of rotatable bonds is 5. The normalized spacial score (nSPS) is 14.4. The van der Waals surface area contributed by atoms with Gasteiger partial charge in [0.05, 0.1) is 16.6 Å². The summed E-state index contributed by atoms with van der Waals surface area (Å²) in [4.78, 5) is 43.7. The first-order valence-electron chi connectivity index (χ1n) is 11.2. The molecule has 36 heavy (non-hydrogen) atoms. The van der Waals surface area contributed by atoms with Crippen molar-refractivity contribution in [3.63, 3.8) is 0 Å². The average molecular weight is 548 g/mol. The second-order valence-electron chi connectivity index (χ2n) is 8.19. The SMILES string of the molecule is CCOC(=O)c1cc(-c2csc(C3CCN(C(=O)c4cc5cc(Cl)cc(Cl)c5oc4=O)CC3)n2)on1. The number of hydrogen-bond donors (Lipinski definition) is 0. The van der Waals surface area contributed by atoms with Crippen LogP contribution in [0.4, 0.5) is 0 Å². The molecule has 0 atom stereocenters. The largest absolute Gasteiger partial charge is 0.461 e. The number of ether oxygens (including phenoxy) is 1. The van der Waals surface area contributed by atoms with Gasteiger partial charge >= 0.3 is 11.6 Å². The number of piperidine rings is 1. The highest BCUT2D eigenvalue weighted by Gasteiger charge is 2.29. The Bertz CT molecular complexity index is 1520. The van der Waals surface area contributed by atoms with Crippen molar-refractivity contribution < 1.29 is 23.3 Å². The van der Waals surface area contributed by atoms with E-state index in [1.54, 1.807) is 17.9 Å². The molecule has 186 valence electrons. The van der Waals surface area contributed by atoms with Crippen LogP contribution in [0.5, 0.6) is 0 Å². The summed E-state index contributed by atoms with van der Waals surface area (Å²) in [6.07, 6.45) is 1.36. The fourth-order valence-electron chi connectivity index (χ4n) is 4.09. The molecule has 4 aromatic rings. The van der Waals surface area contributed by atoms with E-state index in [-0.39, 0.29) is 34.4 Å². The molecule has 3 aromatic heterocycles. The quantitative estimate of drug-likeness (QED) is 0.240. The van der Waals surface area contributed by atoms with Crippen molar-refractivity contribution >= 4 is 57.4 Å². The Balaban J connectivity index is 1.27. The summed E-state index contributed by atoms with van der Waals surface area (Å²) in [6, 6.07) is 6.06. The molecule has 4 heterocycles. The van der Waals surface area contributed by atoms with Gasteiger partial charge in [0.15, 0.2) is 17.0 Å². The zero-order valence-electron chi connectivity index (χ0n) is 19.0. The van der Waals surface area contributed by atoms with E-state index in [0.717, 1.165) is 5.01 Å². The van der Waals surface area contributed by atoms with Crippen LogP contribution < -0.4 is 5.63 Å². The van der Waals surface area contributed by atoms with Crippen LogP contribution >= 0.6 is 34.5 Å². The smallest absolute Gasteiger partial charge is 0.360 e. The van der Waals surface area contributed by atoms with E-state index in [0.29, 0.717) is 47.8 Å². The fraction of sp³-hybridized carbons (Fsp3) is 0.292. The molecule has 5 rings (SSSR count). The van der Waals surface area contributed by atoms with Gasteiger partial charge in [-0.1, -0.05) is 28.4 Å². The Morgan fingerprint density at radius 1 is 1.19 bits per heavy atom. The third-order valence-corrected chi connectivity index (χ3v) is 7.39. The third kappa shape index (κ3) is 4.76. The Morgan fingerprint density at radius 3 is 2.72 bits per heavy atom. The summed E-state index contributed by atoms with van der Waals surface area (Å²) in [5, 5.41) is 7.57. The van der Waals surface area contributed by atoms with Crippen LogP contribution in [-0.2, 0) is 4.74 Å². The van der Waals surface area contributed by atoms with Crippen molar-refractivity contribution in [2.75, 3.05) is 19.7 Å². The summed E-state index contributed by atoms with van der Waals surface area (Å²) >= 11 is 13.6. The molecular formula is C24H19Cl2N3O6S. The molecule has 0 N–H and O–H groups in total. The van der Waals surface area contributed by atoms with Crippen molar-refractivity contribution in [2.45, 2.75) is 25.7 Å². The molecule has 0 aliphatic carbocycles. The predicted octanol–water partition coefficient (Wildman–Crippen LogP) is 5.41. The lowest BCUT2D eigenvalue weighted by Crippen LogP contribution is -2.39. The molecule has 0 spiro atoms. The maximum atomic E-state index is 13.1. The van der Waals surface area contributed by atoms with Crippen LogP contribution in [0.25, 0.3) is 22.4 Å². The molecule has 0 unspecified atom stereocenters. The molecule has 0 saturated carbocycles. The van der Waals surface area contributed by atoms with E-state index in [4.69, 9.17) is 36.9 Å². The average Bonchev–Trinajstić information content (AvgIpc) is 3.54. The number of fused-ring (bicyclic) bond motifs is 1. The molecule has 0 radical (unpaired) electrons. The summed E-state index contributed by atoms with van der Waals surface area (Å²) in [5.41, 5.74) is 0.0804. The number of halogens is 2. The lowest BCUT2D eigenvalue weighted by atomic mass is 9.97. The highest BCUT2D eigenvalue weighted by molar-refractivity contribution is 7.10. The Labute approximate surface area is 218 Å². The van der Waals surface area contributed by atoms with Crippen LogP contribution in [0.3, 0.4) is 0 Å². The number of carbonyl (C=O) groups is 2. The molecular weight excluding hydrogens is 529 g/mol. The molecule has 1 aliphatic heterocycles. The highest BCUT2D eigenvalue weighted by atomic mass is 35.5. The number of likely N-dealkylation sites (tertiary alicyclic amines) is 1. The van der Waals surface area contributed by atoms with Crippen LogP contribution in [0.15, 0.2) is 43.4 Å². The fourth-order valence-corrected chi connectivity index (χ4v) is 5.62. The zero-order chi connectivity index (χ0) is 25.4. The second-order valence-corrected chi connectivity index (χ2v) is 9.92. The van der Waals surface area contributed by atoms with Crippen LogP contribution in [-0.4, -0.2) is 46.6 Å². The van der Waals surface area contributed by atoms with Crippen LogP contribution in [0.2, 0.25) is 10.0 Å². The summed E-state index contributed by atoms with van der Waals surface area (Å²) in [6.45, 7) is 2.88. The first kappa shape index (κ1) is 24.5. The standard InChI is InChI=1S/C24H19Cl2N3O6S/c1-2-33-24(32)17-10-19(35-28-17)18-11-36-21(27-18)12-3-5-29(6-4-12)22(30)15-8-13-7-14(25)9-16(26)20(13)34-23(15)31/h7-12H,2-6H2,1H3. The molecule has 1 saturated heterocycles. The van der Waals surface area contributed by atoms with Gasteiger partial charge in [0.25, 0.3) is 5.91 Å². The summed E-state index contributed by atoms with van der Waals surface area (Å²) < 4.78 is 15.5. The minimum Gasteiger partial charge on any atom is -0.461 e. The second kappa shape index (κ2) is 10.0. The molecule has 1 amide bonds. The number of hydrogen-bond acceptors (Lipinski definition) is 9. The van der Waals surface area contributed by atoms with Gasteiger partial charge in [0, 0.05) is 40.9 Å². The number of amides is 1. The van der Waals surface area contributed by atoms with Gasteiger partial charge in [-0.05, 0) is 38.0 Å². The van der Waals surface area contributed by atoms with Gasteiger partial charge in [-0.2, -0.15) is 0 Å². The first-order chi connectivity index (χ1) is 17.3. The number of benzene rings is 1. The highest BCUT2D eigenvalue weighted by Crippen LogP contribution is 2.34. The van der Waals surface area contributed by atoms with Crippen molar-refractivity contribution in [3.8, 4) is 11.5 Å². The first-order valence-corrected chi connectivity index (χ1v) is 12.8. The topological polar surface area (TPSA) is 116 Å². The van der Waals surface area contributed by atoms with Gasteiger partial charge in [-0.25, -0.2) is 14.6 Å². The number of carbonyl (C=O) groups excluding carboxylic acids is 2. The van der Waals surface area contributed by atoms with Crippen molar-refractivity contribution in [1.82, 2.24) is 15.0 Å². The van der Waals surface area contributed by atoms with Gasteiger partial charge in [0.2, 0.25) is 0 Å². The predicted molar refractivity (Wildman–Crippen MR) is 134 cm³/mol. The Kier molecular flexibility index (Phi) is 6.83. The minimum atomic E-state index is -0.738. The van der Waals surface area contributed by atoms with E-state index in [9.17, 15) is 14.4 Å².